The Kier molecular flexibility index (Phi) is 3.81. The second-order valence-electron chi connectivity index (χ2n) is 4.53. The van der Waals surface area contributed by atoms with Crippen molar-refractivity contribution < 1.29 is 13.9 Å². The molecule has 2 nitrogen and oxygen atoms in total. The van der Waals surface area contributed by atoms with Gasteiger partial charge in [-0.1, -0.05) is 18.2 Å². The number of rotatable bonds is 3. The van der Waals surface area contributed by atoms with E-state index in [0.717, 1.165) is 17.8 Å². The third kappa shape index (κ3) is 2.74. The number of aliphatic hydroxyl groups is 1. The van der Waals surface area contributed by atoms with E-state index in [4.69, 9.17) is 0 Å². The van der Waals surface area contributed by atoms with Crippen molar-refractivity contribution in [3.8, 4) is 0 Å². The molecule has 0 saturated carbocycles. The molecular weight excluding hydrogens is 248 g/mol. The summed E-state index contributed by atoms with van der Waals surface area (Å²) in [6.45, 7) is 0. The molecule has 0 fully saturated rings. The lowest BCUT2D eigenvalue weighted by Gasteiger charge is -2.17. The maximum Gasteiger partial charge on any atom is 0.132 e. The first-order valence-corrected chi connectivity index (χ1v) is 5.90. The van der Waals surface area contributed by atoms with Gasteiger partial charge in [-0.3, -0.25) is 0 Å². The topological polar surface area (TPSA) is 23.5 Å². The number of hydrogen-bond acceptors (Lipinski definition) is 2. The van der Waals surface area contributed by atoms with E-state index in [1.807, 2.05) is 25.1 Å². The smallest absolute Gasteiger partial charge is 0.132 e. The average molecular weight is 263 g/mol. The van der Waals surface area contributed by atoms with Crippen LogP contribution in [0.5, 0.6) is 0 Å². The standard InChI is InChI=1S/C15H15F2NO/c1-18(2)11-6-3-5-10(9-11)15(19)14-12(16)7-4-8-13(14)17/h3-9,15,19H,1-2H3. The second-order valence-corrected chi connectivity index (χ2v) is 4.53. The quantitative estimate of drug-likeness (QED) is 0.919. The molecule has 2 rings (SSSR count). The van der Waals surface area contributed by atoms with E-state index in [1.165, 1.54) is 6.07 Å². The third-order valence-corrected chi connectivity index (χ3v) is 2.98. The number of aliphatic hydroxyl groups excluding tert-OH is 1. The normalized spacial score (nSPS) is 12.3. The van der Waals surface area contributed by atoms with Crippen LogP contribution in [0.4, 0.5) is 14.5 Å². The Bertz CT molecular complexity index is 564. The Morgan fingerprint density at radius 2 is 1.58 bits per heavy atom. The molecule has 1 N–H and O–H groups in total. The Balaban J connectivity index is 2.44. The fourth-order valence-corrected chi connectivity index (χ4v) is 1.91. The van der Waals surface area contributed by atoms with E-state index in [0.29, 0.717) is 5.56 Å². The first-order chi connectivity index (χ1) is 9.00. The van der Waals surface area contributed by atoms with Crippen LogP contribution in [0.15, 0.2) is 42.5 Å². The zero-order valence-electron chi connectivity index (χ0n) is 10.8. The van der Waals surface area contributed by atoms with Gasteiger partial charge in [0, 0.05) is 19.8 Å². The molecule has 0 aromatic heterocycles. The first-order valence-electron chi connectivity index (χ1n) is 5.90. The predicted octanol–water partition coefficient (Wildman–Crippen LogP) is 3.11. The molecule has 0 bridgehead atoms. The van der Waals surface area contributed by atoms with Gasteiger partial charge in [-0.2, -0.15) is 0 Å². The van der Waals surface area contributed by atoms with Crippen LogP contribution in [0.25, 0.3) is 0 Å². The average Bonchev–Trinajstić information content (AvgIpc) is 2.38. The zero-order valence-corrected chi connectivity index (χ0v) is 10.8. The van der Waals surface area contributed by atoms with Crippen LogP contribution < -0.4 is 4.90 Å². The molecule has 0 aliphatic carbocycles. The lowest BCUT2D eigenvalue weighted by molar-refractivity contribution is 0.209. The first kappa shape index (κ1) is 13.5. The summed E-state index contributed by atoms with van der Waals surface area (Å²) >= 11 is 0. The minimum atomic E-state index is -1.32. The highest BCUT2D eigenvalue weighted by Crippen LogP contribution is 2.28. The van der Waals surface area contributed by atoms with Crippen LogP contribution in [0.3, 0.4) is 0 Å². The van der Waals surface area contributed by atoms with Gasteiger partial charge in [0.1, 0.15) is 17.7 Å². The number of halogens is 2. The highest BCUT2D eigenvalue weighted by molar-refractivity contribution is 5.49. The highest BCUT2D eigenvalue weighted by Gasteiger charge is 2.19. The molecule has 2 aromatic carbocycles. The molecule has 4 heteroatoms. The fourth-order valence-electron chi connectivity index (χ4n) is 1.91. The van der Waals surface area contributed by atoms with Crippen LogP contribution >= 0.6 is 0 Å². The van der Waals surface area contributed by atoms with Gasteiger partial charge in [0.15, 0.2) is 0 Å². The molecule has 0 aliphatic rings. The Morgan fingerprint density at radius 3 is 2.16 bits per heavy atom. The van der Waals surface area contributed by atoms with Crippen LogP contribution in [0, 0.1) is 11.6 Å². The molecule has 0 aliphatic heterocycles. The van der Waals surface area contributed by atoms with Gasteiger partial charge >= 0.3 is 0 Å². The van der Waals surface area contributed by atoms with E-state index in [1.54, 1.807) is 18.2 Å². The number of hydrogen-bond donors (Lipinski definition) is 1. The van der Waals surface area contributed by atoms with Gasteiger partial charge in [0.05, 0.1) is 5.56 Å². The summed E-state index contributed by atoms with van der Waals surface area (Å²) in [4.78, 5) is 1.86. The molecule has 0 saturated heterocycles. The molecule has 100 valence electrons. The lowest BCUT2D eigenvalue weighted by atomic mass is 10.00. The second kappa shape index (κ2) is 5.36. The monoisotopic (exact) mass is 263 g/mol. The lowest BCUT2D eigenvalue weighted by Crippen LogP contribution is -2.10. The van der Waals surface area contributed by atoms with Crippen molar-refractivity contribution in [2.45, 2.75) is 6.10 Å². The van der Waals surface area contributed by atoms with Gasteiger partial charge in [-0.25, -0.2) is 8.78 Å². The summed E-state index contributed by atoms with van der Waals surface area (Å²) < 4.78 is 27.3. The summed E-state index contributed by atoms with van der Waals surface area (Å²) in [6.07, 6.45) is -1.32. The van der Waals surface area contributed by atoms with Gasteiger partial charge in [-0.05, 0) is 29.8 Å². The van der Waals surface area contributed by atoms with E-state index < -0.39 is 17.7 Å². The Labute approximate surface area is 110 Å². The minimum Gasteiger partial charge on any atom is -0.383 e. The summed E-state index contributed by atoms with van der Waals surface area (Å²) in [5.74, 6) is -1.49. The highest BCUT2D eigenvalue weighted by atomic mass is 19.1. The molecule has 2 aromatic rings. The van der Waals surface area contributed by atoms with Crippen LogP contribution in [-0.2, 0) is 0 Å². The maximum atomic E-state index is 13.6. The fraction of sp³-hybridized carbons (Fsp3) is 0.200. The Hall–Kier alpha value is -1.94. The van der Waals surface area contributed by atoms with Gasteiger partial charge < -0.3 is 10.0 Å². The molecule has 1 unspecified atom stereocenters. The third-order valence-electron chi connectivity index (χ3n) is 2.98. The molecule has 19 heavy (non-hydrogen) atoms. The number of nitrogens with zero attached hydrogens (tertiary/aromatic N) is 1. The SMILES string of the molecule is CN(C)c1cccc(C(O)c2c(F)cccc2F)c1. The predicted molar refractivity (Wildman–Crippen MR) is 71.2 cm³/mol. The van der Waals surface area contributed by atoms with Crippen molar-refractivity contribution in [3.05, 3.63) is 65.2 Å². The molecule has 1 atom stereocenters. The minimum absolute atomic E-state index is 0.321. The molecular formula is C15H15F2NO. The summed E-state index contributed by atoms with van der Waals surface area (Å²) in [7, 11) is 3.71. The molecule has 0 amide bonds. The largest absolute Gasteiger partial charge is 0.383 e. The zero-order chi connectivity index (χ0) is 14.0. The summed E-state index contributed by atoms with van der Waals surface area (Å²) in [5.41, 5.74) is 0.988. The van der Waals surface area contributed by atoms with Gasteiger partial charge in [-0.15, -0.1) is 0 Å². The molecule has 0 spiro atoms. The van der Waals surface area contributed by atoms with Crippen LogP contribution in [0.2, 0.25) is 0 Å². The molecule has 0 radical (unpaired) electrons. The molecule has 0 heterocycles. The van der Waals surface area contributed by atoms with E-state index in [9.17, 15) is 13.9 Å². The van der Waals surface area contributed by atoms with Crippen LogP contribution in [-0.4, -0.2) is 19.2 Å². The number of benzene rings is 2. The summed E-state index contributed by atoms with van der Waals surface area (Å²) in [5, 5.41) is 10.2. The van der Waals surface area contributed by atoms with Crippen molar-refractivity contribution in [1.82, 2.24) is 0 Å². The van der Waals surface area contributed by atoms with Crippen molar-refractivity contribution >= 4 is 5.69 Å². The summed E-state index contributed by atoms with van der Waals surface area (Å²) in [6, 6.07) is 10.5. The van der Waals surface area contributed by atoms with Crippen molar-refractivity contribution in [3.63, 3.8) is 0 Å². The Morgan fingerprint density at radius 1 is 1.00 bits per heavy atom. The van der Waals surface area contributed by atoms with E-state index in [2.05, 4.69) is 0 Å². The van der Waals surface area contributed by atoms with E-state index in [-0.39, 0.29) is 5.56 Å². The van der Waals surface area contributed by atoms with Crippen molar-refractivity contribution in [2.24, 2.45) is 0 Å². The van der Waals surface area contributed by atoms with Gasteiger partial charge in [0.25, 0.3) is 0 Å². The van der Waals surface area contributed by atoms with Gasteiger partial charge in [0.2, 0.25) is 0 Å². The van der Waals surface area contributed by atoms with E-state index >= 15 is 0 Å². The van der Waals surface area contributed by atoms with Crippen LogP contribution in [0.1, 0.15) is 17.2 Å². The van der Waals surface area contributed by atoms with Crippen molar-refractivity contribution in [1.29, 1.82) is 0 Å². The van der Waals surface area contributed by atoms with Crippen molar-refractivity contribution in [2.75, 3.05) is 19.0 Å². The number of anilines is 1. The maximum absolute atomic E-state index is 13.6.